The van der Waals surface area contributed by atoms with Crippen molar-refractivity contribution in [2.24, 2.45) is 0 Å². The number of hydrogen-bond donors (Lipinski definition) is 9. The summed E-state index contributed by atoms with van der Waals surface area (Å²) in [7, 11) is 0. The molecule has 0 radical (unpaired) electrons. The van der Waals surface area contributed by atoms with E-state index >= 15 is 0 Å². The number of aliphatic hydroxyl groups is 5. The first-order chi connectivity index (χ1) is 20.6. The van der Waals surface area contributed by atoms with Gasteiger partial charge in [-0.2, -0.15) is 0 Å². The molecule has 234 valence electrons. The second-order valence-electron chi connectivity index (χ2n) is 10.9. The fourth-order valence-corrected chi connectivity index (χ4v) is 5.61. The smallest absolute Gasteiger partial charge is 0.326 e. The summed E-state index contributed by atoms with van der Waals surface area (Å²) >= 11 is 0. The number of imide groups is 1. The molecule has 16 nitrogen and oxygen atoms in total. The number of benzene rings is 1. The van der Waals surface area contributed by atoms with E-state index in [2.05, 4.69) is 20.9 Å². The van der Waals surface area contributed by atoms with Crippen LogP contribution in [0.4, 0.5) is 4.79 Å². The van der Waals surface area contributed by atoms with Crippen LogP contribution >= 0.6 is 0 Å². The lowest BCUT2D eigenvalue weighted by Gasteiger charge is -2.32. The lowest BCUT2D eigenvalue weighted by atomic mass is 10.0. The number of ether oxygens (including phenoxy) is 2. The maximum atomic E-state index is 13.4. The van der Waals surface area contributed by atoms with Crippen molar-refractivity contribution >= 4 is 34.7 Å². The van der Waals surface area contributed by atoms with Gasteiger partial charge in [-0.25, -0.2) is 4.79 Å². The van der Waals surface area contributed by atoms with Crippen LogP contribution in [0.1, 0.15) is 18.4 Å². The summed E-state index contributed by atoms with van der Waals surface area (Å²) in [6, 6.07) is 5.47. The van der Waals surface area contributed by atoms with Gasteiger partial charge in [0.15, 0.2) is 6.23 Å². The van der Waals surface area contributed by atoms with E-state index in [1.807, 2.05) is 24.3 Å². The molecule has 0 spiro atoms. The van der Waals surface area contributed by atoms with Gasteiger partial charge in [-0.15, -0.1) is 0 Å². The minimum absolute atomic E-state index is 0.00637. The summed E-state index contributed by atoms with van der Waals surface area (Å²) < 4.78 is 11.1. The van der Waals surface area contributed by atoms with E-state index < -0.39 is 91.8 Å². The van der Waals surface area contributed by atoms with Crippen LogP contribution in [0.5, 0.6) is 0 Å². The Hall–Kier alpha value is -3.64. The zero-order chi connectivity index (χ0) is 30.8. The topological polar surface area (TPSA) is 243 Å². The van der Waals surface area contributed by atoms with E-state index in [0.717, 1.165) is 21.4 Å². The molecule has 0 aliphatic carbocycles. The van der Waals surface area contributed by atoms with Crippen molar-refractivity contribution in [2.45, 2.75) is 74.3 Å². The first kappa shape index (κ1) is 30.8. The second-order valence-corrected chi connectivity index (χ2v) is 10.9. The number of para-hydroxylation sites is 1. The molecule has 1 aromatic heterocycles. The number of hydrogen-bond acceptors (Lipinski definition) is 11. The van der Waals surface area contributed by atoms with Crippen LogP contribution in [-0.2, 0) is 30.3 Å². The van der Waals surface area contributed by atoms with Gasteiger partial charge in [0, 0.05) is 43.0 Å². The third kappa shape index (κ3) is 6.50. The zero-order valence-electron chi connectivity index (χ0n) is 23.0. The molecule has 2 aromatic rings. The fraction of sp³-hybridized carbons (Fsp3) is 0.556. The van der Waals surface area contributed by atoms with Crippen molar-refractivity contribution in [2.75, 3.05) is 19.7 Å². The number of fused-ring (bicyclic) bond motifs is 1. The van der Waals surface area contributed by atoms with Gasteiger partial charge < -0.3 is 50.6 Å². The van der Waals surface area contributed by atoms with Crippen LogP contribution in [0.2, 0.25) is 0 Å². The van der Waals surface area contributed by atoms with E-state index in [0.29, 0.717) is 0 Å². The van der Waals surface area contributed by atoms with Crippen molar-refractivity contribution in [3.05, 3.63) is 36.0 Å². The lowest BCUT2D eigenvalue weighted by molar-refractivity contribution is -0.132. The molecule has 43 heavy (non-hydrogen) atoms. The Kier molecular flexibility index (Phi) is 9.26. The highest BCUT2D eigenvalue weighted by Gasteiger charge is 2.48. The number of nitrogens with one attached hydrogen (secondary N) is 4. The predicted octanol–water partition coefficient (Wildman–Crippen LogP) is -3.43. The number of urea groups is 1. The minimum atomic E-state index is -1.50. The Morgan fingerprint density at radius 3 is 2.44 bits per heavy atom. The third-order valence-corrected chi connectivity index (χ3v) is 7.99. The van der Waals surface area contributed by atoms with Gasteiger partial charge in [0.05, 0.1) is 19.1 Å². The molecular formula is C27H35N5O11. The molecule has 5 amide bonds. The number of nitrogens with zero attached hydrogens (tertiary/aromatic N) is 1. The molecule has 4 heterocycles. The first-order valence-electron chi connectivity index (χ1n) is 13.9. The van der Waals surface area contributed by atoms with Gasteiger partial charge in [-0.05, 0) is 11.6 Å². The highest BCUT2D eigenvalue weighted by atomic mass is 16.6. The molecule has 16 heteroatoms. The van der Waals surface area contributed by atoms with Crippen LogP contribution in [0.3, 0.4) is 0 Å². The third-order valence-electron chi connectivity index (χ3n) is 7.99. The Morgan fingerprint density at radius 1 is 1.00 bits per heavy atom. The molecule has 3 saturated heterocycles. The minimum Gasteiger partial charge on any atom is -0.394 e. The Morgan fingerprint density at radius 2 is 1.72 bits per heavy atom. The lowest BCUT2D eigenvalue weighted by Crippen LogP contribution is -2.56. The molecule has 0 unspecified atom stereocenters. The molecule has 9 N–H and O–H groups in total. The molecule has 9 atom stereocenters. The van der Waals surface area contributed by atoms with Crippen LogP contribution in [-0.4, -0.2) is 134 Å². The average molecular weight is 606 g/mol. The zero-order valence-corrected chi connectivity index (χ0v) is 23.0. The fourth-order valence-electron chi connectivity index (χ4n) is 5.61. The highest BCUT2D eigenvalue weighted by molar-refractivity contribution is 5.96. The normalized spacial score (nSPS) is 31.7. The Labute approximate surface area is 244 Å². The van der Waals surface area contributed by atoms with Crippen molar-refractivity contribution < 1.29 is 54.2 Å². The monoisotopic (exact) mass is 605 g/mol. The van der Waals surface area contributed by atoms with E-state index in [1.54, 1.807) is 6.20 Å². The van der Waals surface area contributed by atoms with E-state index in [1.165, 1.54) is 0 Å². The van der Waals surface area contributed by atoms with Crippen LogP contribution in [0.25, 0.3) is 10.9 Å². The number of aliphatic hydroxyl groups excluding tert-OH is 5. The van der Waals surface area contributed by atoms with Crippen molar-refractivity contribution in [3.8, 4) is 0 Å². The number of rotatable bonds is 10. The second kappa shape index (κ2) is 12.9. The molecule has 3 aliphatic heterocycles. The Balaban J connectivity index is 1.25. The SMILES string of the molecule is O=C1CCN([C@@H]2O[C@H](CNC(=O)[C@H](Cc3c[nH]c4ccccc34)NC(=O)C[C@H]3O[C@@H](CO)[C@H](O)[C@H]3O)[C@@H](O)[C@H]2O)C(=O)N1. The predicted molar refractivity (Wildman–Crippen MR) is 145 cm³/mol. The number of H-pyrrole nitrogens is 1. The highest BCUT2D eigenvalue weighted by Crippen LogP contribution is 2.26. The van der Waals surface area contributed by atoms with Gasteiger partial charge in [-0.1, -0.05) is 18.2 Å². The van der Waals surface area contributed by atoms with Gasteiger partial charge in [0.25, 0.3) is 0 Å². The molecular weight excluding hydrogens is 570 g/mol. The van der Waals surface area contributed by atoms with E-state index in [4.69, 9.17) is 9.47 Å². The van der Waals surface area contributed by atoms with Crippen molar-refractivity contribution in [1.82, 2.24) is 25.8 Å². The number of aromatic nitrogens is 1. The van der Waals surface area contributed by atoms with Crippen molar-refractivity contribution in [3.63, 3.8) is 0 Å². The van der Waals surface area contributed by atoms with Gasteiger partial charge in [0.2, 0.25) is 17.7 Å². The van der Waals surface area contributed by atoms with Gasteiger partial charge >= 0.3 is 6.03 Å². The summed E-state index contributed by atoms with van der Waals surface area (Å²) in [6.07, 6.45) is -8.91. The van der Waals surface area contributed by atoms with Gasteiger partial charge in [0.1, 0.15) is 42.7 Å². The number of carbonyl (C=O) groups excluding carboxylic acids is 4. The molecule has 1 aromatic carbocycles. The molecule has 0 bridgehead atoms. The standard InChI is InChI=1S/C27H35N5O11/c33-11-18-23(38)21(36)16(42-18)8-20(35)30-15(7-12-9-28-14-4-2-1-3-13(12)14)25(40)29-10-17-22(37)24(39)26(43-17)32-6-5-19(34)31-27(32)41/h1-4,9,15-18,21-24,26,28,33,36-39H,5-8,10-11H2,(H,29,40)(H,30,35)(H,31,34,41)/t15-,16+,17+,18-,21-,22+,23-,24+,26+/m0/s1. The molecule has 3 aliphatic rings. The van der Waals surface area contributed by atoms with Crippen molar-refractivity contribution in [1.29, 1.82) is 0 Å². The summed E-state index contributed by atoms with van der Waals surface area (Å²) in [4.78, 5) is 54.3. The van der Waals surface area contributed by atoms with Crippen LogP contribution < -0.4 is 16.0 Å². The van der Waals surface area contributed by atoms with E-state index in [9.17, 15) is 44.7 Å². The summed E-state index contributed by atoms with van der Waals surface area (Å²) in [6.45, 7) is -0.851. The number of aromatic amines is 1. The number of carbonyl (C=O) groups is 4. The average Bonchev–Trinajstić information content (AvgIpc) is 3.61. The van der Waals surface area contributed by atoms with Crippen LogP contribution in [0.15, 0.2) is 30.5 Å². The summed E-state index contributed by atoms with van der Waals surface area (Å²) in [5.41, 5.74) is 1.54. The molecule has 0 saturated carbocycles. The quantitative estimate of drug-likeness (QED) is 0.129. The molecule has 3 fully saturated rings. The van der Waals surface area contributed by atoms with Crippen LogP contribution in [0, 0.1) is 0 Å². The first-order valence-corrected chi connectivity index (χ1v) is 13.9. The van der Waals surface area contributed by atoms with Gasteiger partial charge in [-0.3, -0.25) is 24.6 Å². The maximum absolute atomic E-state index is 13.4. The maximum Gasteiger partial charge on any atom is 0.326 e. The largest absolute Gasteiger partial charge is 0.394 e. The molecule has 5 rings (SSSR count). The summed E-state index contributed by atoms with van der Waals surface area (Å²) in [5.74, 6) is -1.78. The Bertz CT molecular complexity index is 1350. The number of amides is 5. The van der Waals surface area contributed by atoms with E-state index in [-0.39, 0.29) is 25.9 Å². The summed E-state index contributed by atoms with van der Waals surface area (Å²) in [5, 5.41) is 58.8.